The summed E-state index contributed by atoms with van der Waals surface area (Å²) in [7, 11) is 1.66. The lowest BCUT2D eigenvalue weighted by atomic mass is 10.5. The number of hydrogen-bond acceptors (Lipinski definition) is 3. The van der Waals surface area contributed by atoms with Crippen LogP contribution in [0.4, 0.5) is 0 Å². The van der Waals surface area contributed by atoms with Gasteiger partial charge in [-0.3, -0.25) is 0 Å². The zero-order valence-electron chi connectivity index (χ0n) is 7.63. The standard InChI is InChI=1S/C8H18O3/c1-8(2)11-7-6-10-5-4-9-3/h8H,4-7H2,1-3H3. The van der Waals surface area contributed by atoms with Gasteiger partial charge in [0.25, 0.3) is 0 Å². The Labute approximate surface area is 68.6 Å². The summed E-state index contributed by atoms with van der Waals surface area (Å²) in [6.45, 7) is 6.65. The van der Waals surface area contributed by atoms with E-state index in [0.29, 0.717) is 32.5 Å². The first-order chi connectivity index (χ1) is 5.27. The van der Waals surface area contributed by atoms with Crippen LogP contribution in [0.15, 0.2) is 0 Å². The molecule has 3 nitrogen and oxygen atoms in total. The molecule has 0 rings (SSSR count). The molecule has 0 bridgehead atoms. The predicted molar refractivity (Wildman–Crippen MR) is 43.8 cm³/mol. The molecule has 0 aromatic heterocycles. The SMILES string of the molecule is COCCOCCOC(C)C. The third-order valence-corrected chi connectivity index (χ3v) is 1.11. The molecule has 0 aliphatic rings. The molecule has 3 heteroatoms. The minimum atomic E-state index is 0.293. The Morgan fingerprint density at radius 2 is 1.64 bits per heavy atom. The summed E-state index contributed by atoms with van der Waals surface area (Å²) >= 11 is 0. The number of methoxy groups -OCH3 is 1. The molecule has 0 fully saturated rings. The van der Waals surface area contributed by atoms with Crippen molar-refractivity contribution in [3.8, 4) is 0 Å². The van der Waals surface area contributed by atoms with Crippen LogP contribution in [0.3, 0.4) is 0 Å². The van der Waals surface area contributed by atoms with Gasteiger partial charge in [-0.05, 0) is 13.8 Å². The number of hydrogen-bond donors (Lipinski definition) is 0. The summed E-state index contributed by atoms with van der Waals surface area (Å²) in [6.07, 6.45) is 0.293. The van der Waals surface area contributed by atoms with Gasteiger partial charge in [-0.25, -0.2) is 0 Å². The summed E-state index contributed by atoms with van der Waals surface area (Å²) in [6, 6.07) is 0. The zero-order valence-corrected chi connectivity index (χ0v) is 7.63. The van der Waals surface area contributed by atoms with Crippen molar-refractivity contribution in [2.24, 2.45) is 0 Å². The van der Waals surface area contributed by atoms with Crippen LogP contribution in [0.1, 0.15) is 13.8 Å². The largest absolute Gasteiger partial charge is 0.382 e. The van der Waals surface area contributed by atoms with E-state index in [-0.39, 0.29) is 0 Å². The van der Waals surface area contributed by atoms with Crippen LogP contribution in [-0.4, -0.2) is 39.6 Å². The monoisotopic (exact) mass is 162 g/mol. The molecule has 0 N–H and O–H groups in total. The maximum atomic E-state index is 5.26. The van der Waals surface area contributed by atoms with Gasteiger partial charge < -0.3 is 14.2 Å². The van der Waals surface area contributed by atoms with E-state index in [1.54, 1.807) is 7.11 Å². The van der Waals surface area contributed by atoms with Crippen molar-refractivity contribution < 1.29 is 14.2 Å². The Bertz CT molecular complexity index is 73.7. The molecule has 0 radical (unpaired) electrons. The molecular formula is C8H18O3. The van der Waals surface area contributed by atoms with E-state index in [1.165, 1.54) is 0 Å². The summed E-state index contributed by atoms with van der Waals surface area (Å²) in [5.74, 6) is 0. The molecule has 0 saturated carbocycles. The topological polar surface area (TPSA) is 27.7 Å². The first kappa shape index (κ1) is 10.9. The van der Waals surface area contributed by atoms with Gasteiger partial charge in [-0.2, -0.15) is 0 Å². The van der Waals surface area contributed by atoms with E-state index in [9.17, 15) is 0 Å². The van der Waals surface area contributed by atoms with E-state index in [4.69, 9.17) is 14.2 Å². The summed E-state index contributed by atoms with van der Waals surface area (Å²) < 4.78 is 15.2. The Balaban J connectivity index is 2.80. The number of rotatable bonds is 7. The summed E-state index contributed by atoms with van der Waals surface area (Å²) in [4.78, 5) is 0. The van der Waals surface area contributed by atoms with Crippen LogP contribution < -0.4 is 0 Å². The van der Waals surface area contributed by atoms with E-state index < -0.39 is 0 Å². The lowest BCUT2D eigenvalue weighted by Gasteiger charge is -2.07. The molecule has 0 unspecified atom stereocenters. The Morgan fingerprint density at radius 1 is 1.00 bits per heavy atom. The quantitative estimate of drug-likeness (QED) is 0.524. The van der Waals surface area contributed by atoms with Crippen LogP contribution in [0, 0.1) is 0 Å². The van der Waals surface area contributed by atoms with Crippen molar-refractivity contribution in [1.29, 1.82) is 0 Å². The van der Waals surface area contributed by atoms with Gasteiger partial charge in [0.2, 0.25) is 0 Å². The second kappa shape index (κ2) is 7.98. The van der Waals surface area contributed by atoms with E-state index in [1.807, 2.05) is 13.8 Å². The minimum absolute atomic E-state index is 0.293. The second-order valence-electron chi connectivity index (χ2n) is 2.52. The molecule has 0 aliphatic heterocycles. The zero-order chi connectivity index (χ0) is 8.53. The van der Waals surface area contributed by atoms with E-state index in [2.05, 4.69) is 0 Å². The lowest BCUT2D eigenvalue weighted by Crippen LogP contribution is -2.11. The second-order valence-corrected chi connectivity index (χ2v) is 2.52. The average molecular weight is 162 g/mol. The maximum Gasteiger partial charge on any atom is 0.0703 e. The van der Waals surface area contributed by atoms with Gasteiger partial charge in [-0.15, -0.1) is 0 Å². The van der Waals surface area contributed by atoms with Crippen molar-refractivity contribution in [2.45, 2.75) is 20.0 Å². The van der Waals surface area contributed by atoms with Crippen molar-refractivity contribution in [2.75, 3.05) is 33.5 Å². The van der Waals surface area contributed by atoms with Crippen LogP contribution >= 0.6 is 0 Å². The van der Waals surface area contributed by atoms with Gasteiger partial charge in [-0.1, -0.05) is 0 Å². The highest BCUT2D eigenvalue weighted by molar-refractivity contribution is 4.36. The fourth-order valence-electron chi connectivity index (χ4n) is 0.587. The predicted octanol–water partition coefficient (Wildman–Crippen LogP) is 1.07. The van der Waals surface area contributed by atoms with Crippen molar-refractivity contribution in [3.05, 3.63) is 0 Å². The van der Waals surface area contributed by atoms with Gasteiger partial charge >= 0.3 is 0 Å². The molecule has 0 spiro atoms. The maximum absolute atomic E-state index is 5.26. The Hall–Kier alpha value is -0.120. The first-order valence-corrected chi connectivity index (χ1v) is 3.95. The van der Waals surface area contributed by atoms with Gasteiger partial charge in [0.15, 0.2) is 0 Å². The van der Waals surface area contributed by atoms with Gasteiger partial charge in [0.05, 0.1) is 32.5 Å². The van der Waals surface area contributed by atoms with E-state index >= 15 is 0 Å². The van der Waals surface area contributed by atoms with Crippen molar-refractivity contribution in [3.63, 3.8) is 0 Å². The average Bonchev–Trinajstić information content (AvgIpc) is 1.96. The molecular weight excluding hydrogens is 144 g/mol. The Kier molecular flexibility index (Phi) is 7.89. The third-order valence-electron chi connectivity index (χ3n) is 1.11. The molecule has 0 aromatic carbocycles. The molecule has 11 heavy (non-hydrogen) atoms. The molecule has 0 aliphatic carbocycles. The molecule has 0 saturated heterocycles. The lowest BCUT2D eigenvalue weighted by molar-refractivity contribution is 0.00514. The van der Waals surface area contributed by atoms with E-state index in [0.717, 1.165) is 0 Å². The fourth-order valence-corrected chi connectivity index (χ4v) is 0.587. The van der Waals surface area contributed by atoms with Gasteiger partial charge in [0, 0.05) is 7.11 Å². The molecule has 0 atom stereocenters. The molecule has 0 amide bonds. The van der Waals surface area contributed by atoms with Crippen molar-refractivity contribution >= 4 is 0 Å². The minimum Gasteiger partial charge on any atom is -0.382 e. The summed E-state index contributed by atoms with van der Waals surface area (Å²) in [5, 5.41) is 0. The Morgan fingerprint density at radius 3 is 2.18 bits per heavy atom. The normalized spacial score (nSPS) is 10.9. The highest BCUT2D eigenvalue weighted by atomic mass is 16.5. The summed E-state index contributed by atoms with van der Waals surface area (Å²) in [5.41, 5.74) is 0. The smallest absolute Gasteiger partial charge is 0.0703 e. The highest BCUT2D eigenvalue weighted by Gasteiger charge is 1.92. The van der Waals surface area contributed by atoms with Gasteiger partial charge in [0.1, 0.15) is 0 Å². The van der Waals surface area contributed by atoms with Crippen LogP contribution in [0.2, 0.25) is 0 Å². The molecule has 0 aromatic rings. The molecule has 0 heterocycles. The van der Waals surface area contributed by atoms with Crippen LogP contribution in [0.25, 0.3) is 0 Å². The van der Waals surface area contributed by atoms with Crippen LogP contribution in [0.5, 0.6) is 0 Å². The first-order valence-electron chi connectivity index (χ1n) is 3.95. The number of ether oxygens (including phenoxy) is 3. The third kappa shape index (κ3) is 9.88. The van der Waals surface area contributed by atoms with Crippen LogP contribution in [-0.2, 0) is 14.2 Å². The fraction of sp³-hybridized carbons (Fsp3) is 1.00. The molecule has 68 valence electrons. The van der Waals surface area contributed by atoms with Crippen molar-refractivity contribution in [1.82, 2.24) is 0 Å². The highest BCUT2D eigenvalue weighted by Crippen LogP contribution is 1.86.